The molecule has 0 fully saturated rings. The van der Waals surface area contributed by atoms with E-state index in [9.17, 15) is 0 Å². The molecule has 3 heteroatoms. The molecule has 2 aromatic carbocycles. The summed E-state index contributed by atoms with van der Waals surface area (Å²) < 4.78 is 6.96. The lowest BCUT2D eigenvalue weighted by atomic mass is 10.1. The van der Waals surface area contributed by atoms with Crippen LogP contribution < -0.4 is 0 Å². The highest BCUT2D eigenvalue weighted by Gasteiger charge is 2.13. The van der Waals surface area contributed by atoms with E-state index < -0.39 is 0 Å². The van der Waals surface area contributed by atoms with Crippen molar-refractivity contribution < 1.29 is 4.42 Å². The molecule has 0 N–H and O–H groups in total. The fraction of sp³-hybridized carbons (Fsp3) is 0.133. The predicted octanol–water partition coefficient (Wildman–Crippen LogP) is 4.87. The van der Waals surface area contributed by atoms with E-state index in [1.807, 2.05) is 44.2 Å². The van der Waals surface area contributed by atoms with Gasteiger partial charge in [0.1, 0.15) is 5.52 Å². The second-order valence-electron chi connectivity index (χ2n) is 4.36. The minimum Gasteiger partial charge on any atom is -0.436 e. The van der Waals surface area contributed by atoms with Crippen LogP contribution in [0.25, 0.3) is 22.6 Å². The monoisotopic (exact) mass is 301 g/mol. The molecule has 0 aliphatic carbocycles. The molecule has 0 unspecified atom stereocenters. The number of fused-ring (bicyclic) bond motifs is 1. The first kappa shape index (κ1) is 11.5. The zero-order valence-electron chi connectivity index (χ0n) is 10.2. The Balaban J connectivity index is 2.29. The smallest absolute Gasteiger partial charge is 0.227 e. The van der Waals surface area contributed by atoms with Crippen LogP contribution in [-0.2, 0) is 0 Å². The van der Waals surface area contributed by atoms with Crippen LogP contribution in [0.1, 0.15) is 11.1 Å². The number of hydrogen-bond acceptors (Lipinski definition) is 2. The summed E-state index contributed by atoms with van der Waals surface area (Å²) in [5.74, 6) is 0.676. The van der Waals surface area contributed by atoms with Gasteiger partial charge in [-0.15, -0.1) is 0 Å². The van der Waals surface area contributed by atoms with Crippen molar-refractivity contribution in [1.82, 2.24) is 4.98 Å². The van der Waals surface area contributed by atoms with E-state index in [2.05, 4.69) is 27.0 Å². The fourth-order valence-electron chi connectivity index (χ4n) is 2.02. The van der Waals surface area contributed by atoms with Gasteiger partial charge in [-0.3, -0.25) is 0 Å². The molecule has 0 aliphatic heterocycles. The van der Waals surface area contributed by atoms with Crippen molar-refractivity contribution >= 4 is 27.0 Å². The number of aromatic nitrogens is 1. The van der Waals surface area contributed by atoms with E-state index in [4.69, 9.17) is 4.42 Å². The maximum absolute atomic E-state index is 5.89. The van der Waals surface area contributed by atoms with Crippen LogP contribution in [0.15, 0.2) is 45.3 Å². The van der Waals surface area contributed by atoms with Gasteiger partial charge in [-0.2, -0.15) is 0 Å². The third-order valence-corrected chi connectivity index (χ3v) is 3.89. The number of nitrogens with zero attached hydrogens (tertiary/aromatic N) is 1. The Hall–Kier alpha value is -1.61. The zero-order valence-corrected chi connectivity index (χ0v) is 11.8. The van der Waals surface area contributed by atoms with Gasteiger partial charge in [0.25, 0.3) is 0 Å². The number of hydrogen-bond donors (Lipinski definition) is 0. The summed E-state index contributed by atoms with van der Waals surface area (Å²) in [6.07, 6.45) is 0. The normalized spacial score (nSPS) is 11.1. The first-order chi connectivity index (χ1) is 8.66. The number of aryl methyl sites for hydroxylation is 2. The van der Waals surface area contributed by atoms with E-state index in [0.29, 0.717) is 5.89 Å². The van der Waals surface area contributed by atoms with Crippen LogP contribution in [0.3, 0.4) is 0 Å². The van der Waals surface area contributed by atoms with Gasteiger partial charge < -0.3 is 4.42 Å². The molecule has 2 nitrogen and oxygen atoms in total. The molecular weight excluding hydrogens is 290 g/mol. The van der Waals surface area contributed by atoms with Gasteiger partial charge in [-0.1, -0.05) is 34.1 Å². The van der Waals surface area contributed by atoms with E-state index in [1.165, 1.54) is 0 Å². The minimum atomic E-state index is 0.676. The molecule has 3 rings (SSSR count). The predicted molar refractivity (Wildman–Crippen MR) is 76.6 cm³/mol. The first-order valence-electron chi connectivity index (χ1n) is 5.78. The second-order valence-corrected chi connectivity index (χ2v) is 5.22. The molecule has 0 saturated carbocycles. The number of benzene rings is 2. The molecule has 0 aliphatic rings. The summed E-state index contributed by atoms with van der Waals surface area (Å²) in [6.45, 7) is 4.08. The highest BCUT2D eigenvalue weighted by molar-refractivity contribution is 9.10. The third kappa shape index (κ3) is 1.75. The van der Waals surface area contributed by atoms with E-state index in [1.54, 1.807) is 0 Å². The van der Waals surface area contributed by atoms with Crippen molar-refractivity contribution in [2.24, 2.45) is 0 Å². The summed E-state index contributed by atoms with van der Waals surface area (Å²) in [7, 11) is 0. The van der Waals surface area contributed by atoms with Crippen molar-refractivity contribution in [2.45, 2.75) is 13.8 Å². The molecule has 0 bridgehead atoms. The van der Waals surface area contributed by atoms with Gasteiger partial charge >= 0.3 is 0 Å². The Labute approximate surface area is 114 Å². The molecule has 18 heavy (non-hydrogen) atoms. The largest absolute Gasteiger partial charge is 0.436 e. The number of halogens is 1. The topological polar surface area (TPSA) is 26.0 Å². The molecule has 0 atom stereocenters. The Kier molecular flexibility index (Phi) is 2.71. The summed E-state index contributed by atoms with van der Waals surface area (Å²) in [5, 5.41) is 0. The van der Waals surface area contributed by atoms with Gasteiger partial charge in [0.05, 0.1) is 0 Å². The summed E-state index contributed by atoms with van der Waals surface area (Å²) in [6, 6.07) is 12.0. The lowest BCUT2D eigenvalue weighted by Crippen LogP contribution is -1.82. The highest BCUT2D eigenvalue weighted by atomic mass is 79.9. The van der Waals surface area contributed by atoms with Crippen LogP contribution in [0, 0.1) is 13.8 Å². The summed E-state index contributed by atoms with van der Waals surface area (Å²) in [4.78, 5) is 4.61. The second kappa shape index (κ2) is 4.25. The molecule has 0 radical (unpaired) electrons. The Morgan fingerprint density at radius 2 is 1.83 bits per heavy atom. The third-order valence-electron chi connectivity index (χ3n) is 3.06. The van der Waals surface area contributed by atoms with Gasteiger partial charge in [0.2, 0.25) is 5.89 Å². The Bertz CT molecular complexity index is 716. The average Bonchev–Trinajstić information content (AvgIpc) is 2.83. The Morgan fingerprint density at radius 1 is 1.11 bits per heavy atom. The molecule has 90 valence electrons. The first-order valence-corrected chi connectivity index (χ1v) is 6.58. The van der Waals surface area contributed by atoms with Crippen molar-refractivity contribution in [2.75, 3.05) is 0 Å². The SMILES string of the molecule is Cc1c(Br)cc(C)c2oc(-c3ccccc3)nc12. The van der Waals surface area contributed by atoms with E-state index in [-0.39, 0.29) is 0 Å². The lowest BCUT2D eigenvalue weighted by molar-refractivity contribution is 0.617. The van der Waals surface area contributed by atoms with Crippen molar-refractivity contribution in [3.63, 3.8) is 0 Å². The average molecular weight is 302 g/mol. The molecule has 1 aromatic heterocycles. The van der Waals surface area contributed by atoms with Gasteiger partial charge in [0, 0.05) is 10.0 Å². The van der Waals surface area contributed by atoms with Gasteiger partial charge in [-0.25, -0.2) is 4.98 Å². The van der Waals surface area contributed by atoms with Crippen LogP contribution in [0.5, 0.6) is 0 Å². The zero-order chi connectivity index (χ0) is 12.7. The Morgan fingerprint density at radius 3 is 2.56 bits per heavy atom. The van der Waals surface area contributed by atoms with Crippen LogP contribution >= 0.6 is 15.9 Å². The molecule has 0 spiro atoms. The van der Waals surface area contributed by atoms with Crippen molar-refractivity contribution in [3.8, 4) is 11.5 Å². The minimum absolute atomic E-state index is 0.676. The maximum Gasteiger partial charge on any atom is 0.227 e. The molecule has 3 aromatic rings. The number of rotatable bonds is 1. The molecule has 1 heterocycles. The van der Waals surface area contributed by atoms with Crippen LogP contribution in [-0.4, -0.2) is 4.98 Å². The van der Waals surface area contributed by atoms with Gasteiger partial charge in [-0.05, 0) is 43.2 Å². The maximum atomic E-state index is 5.89. The summed E-state index contributed by atoms with van der Waals surface area (Å²) in [5.41, 5.74) is 5.01. The van der Waals surface area contributed by atoms with Crippen LogP contribution in [0.2, 0.25) is 0 Å². The van der Waals surface area contributed by atoms with E-state index in [0.717, 1.165) is 32.3 Å². The highest BCUT2D eigenvalue weighted by Crippen LogP contribution is 2.32. The lowest BCUT2D eigenvalue weighted by Gasteiger charge is -1.99. The quantitative estimate of drug-likeness (QED) is 0.640. The number of oxazole rings is 1. The van der Waals surface area contributed by atoms with E-state index >= 15 is 0 Å². The van der Waals surface area contributed by atoms with Crippen molar-refractivity contribution in [1.29, 1.82) is 0 Å². The van der Waals surface area contributed by atoms with Crippen LogP contribution in [0.4, 0.5) is 0 Å². The van der Waals surface area contributed by atoms with Gasteiger partial charge in [0.15, 0.2) is 5.58 Å². The molecular formula is C15H12BrNO. The standard InChI is InChI=1S/C15H12BrNO/c1-9-8-12(16)10(2)13-14(9)18-15(17-13)11-6-4-3-5-7-11/h3-8H,1-2H3. The van der Waals surface area contributed by atoms with Crippen molar-refractivity contribution in [3.05, 3.63) is 52.0 Å². The molecule has 0 saturated heterocycles. The summed E-state index contributed by atoms with van der Waals surface area (Å²) >= 11 is 3.55. The fourth-order valence-corrected chi connectivity index (χ4v) is 2.55. The molecule has 0 amide bonds.